The average Bonchev–Trinajstić information content (AvgIpc) is 3.35. The molecule has 5 aromatic rings. The summed E-state index contributed by atoms with van der Waals surface area (Å²) >= 11 is 0. The molecule has 0 atom stereocenters. The number of rotatable bonds is 22. The minimum atomic E-state index is -1.05. The van der Waals surface area contributed by atoms with Gasteiger partial charge in [0.05, 0.1) is 39.6 Å². The molecule has 0 saturated heterocycles. The summed E-state index contributed by atoms with van der Waals surface area (Å²) in [6.07, 6.45) is 3.10. The standard InChI is InChI=1S/2C20H23FN2O5.C8H9FN2O3/c1-4-27-20(26)16-10-22-18(9-21)23(19(16)25)11-17(24)14-5-7-15(8-6-14)28-12-13(2)3;1-4-26-20(25)16-10-22-18(9-21)23-19(16)28-12-17(24)14-5-7-15(8-6-14)27-11-13(2)3;1-2-14-8(13)5-4-10-6(3-9)11-7(5)12/h2*5-8,10,13H,4,9,11-12H2,1-3H3;4H,2-3H2,1H3,(H,10,11,12). The highest BCUT2D eigenvalue weighted by Crippen LogP contribution is 2.19. The molecule has 0 spiro atoms. The van der Waals surface area contributed by atoms with E-state index in [-0.39, 0.29) is 72.3 Å². The minimum Gasteiger partial charge on any atom is -0.493 e. The van der Waals surface area contributed by atoms with E-state index in [4.69, 9.17) is 23.7 Å². The van der Waals surface area contributed by atoms with E-state index in [0.29, 0.717) is 47.7 Å². The predicted octanol–water partition coefficient (Wildman–Crippen LogP) is 6.64. The fraction of sp³-hybridized carbons (Fsp3) is 0.396. The molecule has 0 aliphatic heterocycles. The molecule has 3 aromatic heterocycles. The van der Waals surface area contributed by atoms with Crippen LogP contribution < -0.4 is 25.3 Å². The summed E-state index contributed by atoms with van der Waals surface area (Å²) in [6, 6.07) is 13.1. The number of nitrogens with one attached hydrogen (secondary N) is 1. The normalized spacial score (nSPS) is 10.5. The zero-order valence-corrected chi connectivity index (χ0v) is 39.8. The Morgan fingerprint density at radius 3 is 1.56 bits per heavy atom. The van der Waals surface area contributed by atoms with E-state index in [0.717, 1.165) is 23.2 Å². The number of H-pyrrole nitrogens is 1. The summed E-state index contributed by atoms with van der Waals surface area (Å²) in [4.78, 5) is 100. The number of alkyl halides is 3. The first-order chi connectivity index (χ1) is 33.5. The predicted molar refractivity (Wildman–Crippen MR) is 245 cm³/mol. The number of aromatic amines is 1. The van der Waals surface area contributed by atoms with Gasteiger partial charge in [0.2, 0.25) is 5.88 Å². The molecule has 0 unspecified atom stereocenters. The third kappa shape index (κ3) is 17.7. The van der Waals surface area contributed by atoms with Gasteiger partial charge in [-0.05, 0) is 81.1 Å². The topological polar surface area (TPSA) is 247 Å². The van der Waals surface area contributed by atoms with Crippen LogP contribution in [-0.4, -0.2) is 98.6 Å². The minimum absolute atomic E-state index is 0.0655. The highest BCUT2D eigenvalue weighted by molar-refractivity contribution is 5.98. The number of ether oxygens (including phenoxy) is 6. The third-order valence-corrected chi connectivity index (χ3v) is 8.80. The highest BCUT2D eigenvalue weighted by Gasteiger charge is 2.21. The molecular formula is C48H55F3N6O13. The Bertz CT molecular complexity index is 2640. The van der Waals surface area contributed by atoms with Crippen LogP contribution in [0.4, 0.5) is 13.2 Å². The molecule has 1 N–H and O–H groups in total. The zero-order chi connectivity index (χ0) is 51.8. The van der Waals surface area contributed by atoms with Gasteiger partial charge in [0.25, 0.3) is 11.1 Å². The van der Waals surface area contributed by atoms with Gasteiger partial charge in [-0.25, -0.2) is 42.5 Å². The van der Waals surface area contributed by atoms with Crippen molar-refractivity contribution in [1.82, 2.24) is 29.5 Å². The second kappa shape index (κ2) is 29.2. The van der Waals surface area contributed by atoms with E-state index in [1.165, 1.54) is 0 Å². The molecule has 0 saturated carbocycles. The lowest BCUT2D eigenvalue weighted by atomic mass is 10.1. The molecule has 5 rings (SSSR count). The van der Waals surface area contributed by atoms with Gasteiger partial charge in [0.15, 0.2) is 24.0 Å². The zero-order valence-electron chi connectivity index (χ0n) is 39.8. The van der Waals surface area contributed by atoms with Crippen molar-refractivity contribution in [3.63, 3.8) is 0 Å². The fourth-order valence-electron chi connectivity index (χ4n) is 5.37. The summed E-state index contributed by atoms with van der Waals surface area (Å²) in [6.45, 7) is 10.9. The van der Waals surface area contributed by atoms with Crippen LogP contribution in [0.1, 0.15) is 118 Å². The molecular weight excluding hydrogens is 926 g/mol. The maximum Gasteiger partial charge on any atom is 0.345 e. The average molecular weight is 981 g/mol. The van der Waals surface area contributed by atoms with Gasteiger partial charge in [-0.1, -0.05) is 27.7 Å². The van der Waals surface area contributed by atoms with Crippen molar-refractivity contribution in [2.45, 2.75) is 75.0 Å². The van der Waals surface area contributed by atoms with Crippen molar-refractivity contribution < 1.29 is 65.6 Å². The van der Waals surface area contributed by atoms with E-state index in [1.807, 2.05) is 27.7 Å². The molecule has 0 aliphatic rings. The second-order valence-electron chi connectivity index (χ2n) is 15.2. The van der Waals surface area contributed by atoms with Gasteiger partial charge >= 0.3 is 17.9 Å². The SMILES string of the molecule is CCOC(=O)c1cnc(CF)[nH]c1=O.CCOC(=O)c1cnc(CF)n(CC(=O)c2ccc(OCC(C)C)cc2)c1=O.CCOC(=O)c1cnc(CF)nc1OCC(=O)c1ccc(OCC(C)C)cc1. The van der Waals surface area contributed by atoms with Crippen LogP contribution in [-0.2, 0) is 40.8 Å². The van der Waals surface area contributed by atoms with Crippen molar-refractivity contribution in [2.75, 3.05) is 39.6 Å². The van der Waals surface area contributed by atoms with Gasteiger partial charge in [-0.3, -0.25) is 23.7 Å². The van der Waals surface area contributed by atoms with E-state index in [2.05, 4.69) is 29.7 Å². The number of ketones is 2. The summed E-state index contributed by atoms with van der Waals surface area (Å²) in [5.41, 5.74) is -1.39. The quantitative estimate of drug-likeness (QED) is 0.0433. The molecule has 0 fully saturated rings. The number of Topliss-reactive ketones (excluding diaryl/α,β-unsaturated/α-hetero) is 2. The number of aromatic nitrogens is 6. The smallest absolute Gasteiger partial charge is 0.345 e. The van der Waals surface area contributed by atoms with Crippen molar-refractivity contribution in [2.24, 2.45) is 11.8 Å². The molecule has 376 valence electrons. The van der Waals surface area contributed by atoms with Crippen LogP contribution in [0.15, 0.2) is 76.7 Å². The Kier molecular flexibility index (Phi) is 23.6. The molecule has 3 heterocycles. The van der Waals surface area contributed by atoms with E-state index in [9.17, 15) is 46.7 Å². The second-order valence-corrected chi connectivity index (χ2v) is 15.2. The summed E-state index contributed by atoms with van der Waals surface area (Å²) in [5.74, 6) is -1.71. The third-order valence-electron chi connectivity index (χ3n) is 8.80. The molecule has 22 heteroatoms. The number of benzene rings is 2. The molecule has 0 aliphatic carbocycles. The van der Waals surface area contributed by atoms with Crippen molar-refractivity contribution in [1.29, 1.82) is 0 Å². The Balaban J connectivity index is 0.000000294. The van der Waals surface area contributed by atoms with Crippen LogP contribution in [0, 0.1) is 11.8 Å². The first-order valence-electron chi connectivity index (χ1n) is 21.9. The number of esters is 3. The Hall–Kier alpha value is -7.78. The van der Waals surface area contributed by atoms with Gasteiger partial charge in [0, 0.05) is 29.7 Å². The maximum atomic E-state index is 13.2. The number of hydrogen-bond donors (Lipinski definition) is 1. The van der Waals surface area contributed by atoms with Crippen LogP contribution in [0.2, 0.25) is 0 Å². The lowest BCUT2D eigenvalue weighted by molar-refractivity contribution is 0.0510. The molecule has 2 aromatic carbocycles. The lowest BCUT2D eigenvalue weighted by Crippen LogP contribution is -2.33. The number of halogens is 3. The number of nitrogens with zero attached hydrogens (tertiary/aromatic N) is 5. The number of carbonyl (C=O) groups excluding carboxylic acids is 5. The number of carbonyl (C=O) groups is 5. The van der Waals surface area contributed by atoms with Crippen molar-refractivity contribution in [3.05, 3.63) is 133 Å². The van der Waals surface area contributed by atoms with Crippen LogP contribution in [0.3, 0.4) is 0 Å². The molecule has 19 nitrogen and oxygen atoms in total. The maximum absolute atomic E-state index is 13.2. The Labute approximate surface area is 400 Å². The van der Waals surface area contributed by atoms with Gasteiger partial charge in [-0.2, -0.15) is 4.98 Å². The summed E-state index contributed by atoms with van der Waals surface area (Å²) < 4.78 is 69.7. The Morgan fingerprint density at radius 1 is 0.600 bits per heavy atom. The van der Waals surface area contributed by atoms with Crippen LogP contribution in [0.5, 0.6) is 17.4 Å². The van der Waals surface area contributed by atoms with Gasteiger partial charge < -0.3 is 33.4 Å². The van der Waals surface area contributed by atoms with Crippen molar-refractivity contribution in [3.8, 4) is 17.4 Å². The number of hydrogen-bond acceptors (Lipinski definition) is 17. The van der Waals surface area contributed by atoms with E-state index >= 15 is 0 Å². The van der Waals surface area contributed by atoms with E-state index in [1.54, 1.807) is 69.3 Å². The molecule has 70 heavy (non-hydrogen) atoms. The molecule has 0 bridgehead atoms. The Morgan fingerprint density at radius 2 is 1.09 bits per heavy atom. The molecule has 0 amide bonds. The van der Waals surface area contributed by atoms with Gasteiger partial charge in [-0.15, -0.1) is 0 Å². The summed E-state index contributed by atoms with van der Waals surface area (Å²) in [5, 5.41) is 0. The largest absolute Gasteiger partial charge is 0.493 e. The highest BCUT2D eigenvalue weighted by atomic mass is 19.1. The van der Waals surface area contributed by atoms with Crippen LogP contribution in [0.25, 0.3) is 0 Å². The molecule has 0 radical (unpaired) electrons. The lowest BCUT2D eigenvalue weighted by Gasteiger charge is -2.12. The summed E-state index contributed by atoms with van der Waals surface area (Å²) in [7, 11) is 0. The first kappa shape index (κ1) is 56.5. The van der Waals surface area contributed by atoms with E-state index < -0.39 is 61.4 Å². The van der Waals surface area contributed by atoms with Crippen molar-refractivity contribution >= 4 is 29.5 Å². The van der Waals surface area contributed by atoms with Crippen LogP contribution >= 0.6 is 0 Å². The first-order valence-corrected chi connectivity index (χ1v) is 21.9. The monoisotopic (exact) mass is 980 g/mol. The van der Waals surface area contributed by atoms with Gasteiger partial charge in [0.1, 0.15) is 59.9 Å². The fourth-order valence-corrected chi connectivity index (χ4v) is 5.37.